The largest absolute Gasteiger partial charge is 0.469 e. The number of ether oxygens (including phenoxy) is 2. The van der Waals surface area contributed by atoms with Crippen LogP contribution in [-0.4, -0.2) is 62.4 Å². The summed E-state index contributed by atoms with van der Waals surface area (Å²) in [6.07, 6.45) is 2.32. The summed E-state index contributed by atoms with van der Waals surface area (Å²) in [7, 11) is -1.47. The van der Waals surface area contributed by atoms with Crippen molar-refractivity contribution in [3.63, 3.8) is 0 Å². The number of hydrogen-bond acceptors (Lipinski definition) is 7. The number of carbonyl (C=O) groups excluding carboxylic acids is 3. The lowest BCUT2D eigenvalue weighted by Gasteiger charge is -2.33. The van der Waals surface area contributed by atoms with E-state index >= 15 is 0 Å². The van der Waals surface area contributed by atoms with Crippen LogP contribution in [0.2, 0.25) is 18.6 Å². The fourth-order valence-corrected chi connectivity index (χ4v) is 9.78. The molecular weight excluding hydrogens is 540 g/mol. The molecule has 1 fully saturated rings. The molecule has 4 atom stereocenters. The van der Waals surface area contributed by atoms with Crippen LogP contribution < -0.4 is 9.80 Å². The molecule has 3 heterocycles. The van der Waals surface area contributed by atoms with Crippen LogP contribution in [0.3, 0.4) is 0 Å². The number of aliphatic hydroxyl groups is 1. The van der Waals surface area contributed by atoms with Crippen LogP contribution in [0.25, 0.3) is 0 Å². The number of aryl methyl sites for hydroxylation is 1. The molecular formula is C31H40N2O7Si. The van der Waals surface area contributed by atoms with Gasteiger partial charge in [0.1, 0.15) is 0 Å². The molecule has 220 valence electrons. The van der Waals surface area contributed by atoms with Gasteiger partial charge in [-0.2, -0.15) is 0 Å². The molecule has 3 aliphatic heterocycles. The molecule has 41 heavy (non-hydrogen) atoms. The molecule has 2 aromatic carbocycles. The van der Waals surface area contributed by atoms with Gasteiger partial charge in [0.05, 0.1) is 24.6 Å². The quantitative estimate of drug-likeness (QED) is 0.260. The summed E-state index contributed by atoms with van der Waals surface area (Å²) in [5, 5.41) is 9.86. The van der Waals surface area contributed by atoms with E-state index in [4.69, 9.17) is 9.47 Å². The number of anilines is 3. The summed E-state index contributed by atoms with van der Waals surface area (Å²) < 4.78 is 11.5. The topological polar surface area (TPSA) is 117 Å². The molecule has 0 unspecified atom stereocenters. The highest BCUT2D eigenvalue weighted by atomic mass is 28.4. The maximum Gasteiger partial charge on any atom is 0.305 e. The molecule has 1 spiro atoms. The standard InChI is InChI=1S/C31H40N2O7Si/c1-20-29(41(3,4)38)26(16-18-34)40-31(20)23-19-22(33-24-10-6-5-9-21(24)12-15-27(33)35)13-14-25(23)32(30(31)37)17-8-7-11-28(36)39-2/h5-6,9-10,13-14,19-20,26,29,34,38H,7-8,11-12,15-18H2,1-4H3/t20-,26+,29-,31+/m0/s1. The van der Waals surface area contributed by atoms with Crippen LogP contribution in [0.1, 0.15) is 50.2 Å². The maximum atomic E-state index is 14.5. The summed E-state index contributed by atoms with van der Waals surface area (Å²) in [5.41, 5.74) is 2.34. The highest BCUT2D eigenvalue weighted by Gasteiger charge is 2.66. The Labute approximate surface area is 242 Å². The zero-order valence-corrected chi connectivity index (χ0v) is 25.3. The number of aliphatic hydroxyl groups excluding tert-OH is 1. The number of fused-ring (bicyclic) bond motifs is 3. The van der Waals surface area contributed by atoms with Gasteiger partial charge in [-0.05, 0) is 68.6 Å². The molecule has 2 amide bonds. The lowest BCUT2D eigenvalue weighted by atomic mass is 9.82. The van der Waals surface area contributed by atoms with Crippen LogP contribution in [0.15, 0.2) is 42.5 Å². The Kier molecular flexibility index (Phi) is 8.13. The van der Waals surface area contributed by atoms with E-state index < -0.39 is 20.0 Å². The summed E-state index contributed by atoms with van der Waals surface area (Å²) in [6, 6.07) is 13.5. The summed E-state index contributed by atoms with van der Waals surface area (Å²) in [6.45, 7) is 5.94. The van der Waals surface area contributed by atoms with Gasteiger partial charge in [-0.3, -0.25) is 19.3 Å². The van der Waals surface area contributed by atoms with Crippen molar-refractivity contribution in [1.29, 1.82) is 0 Å². The maximum absolute atomic E-state index is 14.5. The van der Waals surface area contributed by atoms with Crippen molar-refractivity contribution >= 4 is 43.2 Å². The Morgan fingerprint density at radius 1 is 1.12 bits per heavy atom. The first kappa shape index (κ1) is 29.4. The first-order chi connectivity index (χ1) is 19.5. The van der Waals surface area contributed by atoms with E-state index in [0.29, 0.717) is 55.6 Å². The van der Waals surface area contributed by atoms with Crippen LogP contribution in [0.5, 0.6) is 0 Å². The fraction of sp³-hybridized carbons (Fsp3) is 0.516. The Balaban J connectivity index is 1.60. The van der Waals surface area contributed by atoms with Gasteiger partial charge >= 0.3 is 5.97 Å². The smallest absolute Gasteiger partial charge is 0.305 e. The molecule has 0 saturated carbocycles. The Bertz CT molecular complexity index is 1340. The van der Waals surface area contributed by atoms with Crippen molar-refractivity contribution in [3.05, 3.63) is 53.6 Å². The Morgan fingerprint density at radius 3 is 2.59 bits per heavy atom. The minimum absolute atomic E-state index is 0.0120. The molecule has 0 bridgehead atoms. The molecule has 0 aromatic heterocycles. The van der Waals surface area contributed by atoms with E-state index in [1.807, 2.05) is 62.5 Å². The number of para-hydroxylation sites is 1. The van der Waals surface area contributed by atoms with Gasteiger partial charge in [-0.25, -0.2) is 0 Å². The van der Waals surface area contributed by atoms with Crippen LogP contribution in [0, 0.1) is 5.92 Å². The molecule has 10 heteroatoms. The predicted molar refractivity (Wildman–Crippen MR) is 157 cm³/mol. The molecule has 1 saturated heterocycles. The second-order valence-corrected chi connectivity index (χ2v) is 15.9. The number of esters is 1. The van der Waals surface area contributed by atoms with E-state index in [0.717, 1.165) is 11.3 Å². The van der Waals surface area contributed by atoms with Crippen molar-refractivity contribution in [3.8, 4) is 0 Å². The molecule has 5 rings (SSSR count). The molecule has 9 nitrogen and oxygen atoms in total. The number of benzene rings is 2. The minimum atomic E-state index is -2.83. The summed E-state index contributed by atoms with van der Waals surface area (Å²) in [5.74, 6) is -0.869. The summed E-state index contributed by atoms with van der Waals surface area (Å²) in [4.78, 5) is 54.2. The van der Waals surface area contributed by atoms with E-state index in [9.17, 15) is 24.3 Å². The van der Waals surface area contributed by atoms with E-state index in [-0.39, 0.29) is 42.3 Å². The number of unbranched alkanes of at least 4 members (excludes halogenated alkanes) is 1. The van der Waals surface area contributed by atoms with Gasteiger partial charge in [-0.15, -0.1) is 0 Å². The molecule has 0 radical (unpaired) electrons. The van der Waals surface area contributed by atoms with E-state index in [1.54, 1.807) is 9.80 Å². The Hall–Kier alpha value is -3.05. The summed E-state index contributed by atoms with van der Waals surface area (Å²) >= 11 is 0. The SMILES string of the molecule is COC(=O)CCCCN1C(=O)[C@]2(O[C@H](CCO)[C@@H]([Si](C)(C)O)[C@@H]2C)c2cc(N3C(=O)CCc4ccccc43)ccc21. The average molecular weight is 581 g/mol. The molecule has 2 aromatic rings. The second-order valence-electron chi connectivity index (χ2n) is 11.9. The van der Waals surface area contributed by atoms with Crippen molar-refractivity contribution in [1.82, 2.24) is 0 Å². The van der Waals surface area contributed by atoms with Crippen LogP contribution in [0.4, 0.5) is 17.1 Å². The van der Waals surface area contributed by atoms with Gasteiger partial charge in [0.25, 0.3) is 5.91 Å². The van der Waals surface area contributed by atoms with Crippen molar-refractivity contribution in [2.45, 2.75) is 75.8 Å². The van der Waals surface area contributed by atoms with Gasteiger partial charge in [0.2, 0.25) is 5.91 Å². The van der Waals surface area contributed by atoms with E-state index in [1.165, 1.54) is 7.11 Å². The van der Waals surface area contributed by atoms with Crippen LogP contribution in [-0.2, 0) is 35.9 Å². The third kappa shape index (κ3) is 5.01. The first-order valence-corrected chi connectivity index (χ1v) is 17.5. The van der Waals surface area contributed by atoms with Gasteiger partial charge in [-0.1, -0.05) is 25.1 Å². The zero-order chi connectivity index (χ0) is 29.5. The van der Waals surface area contributed by atoms with E-state index in [2.05, 4.69) is 0 Å². The lowest BCUT2D eigenvalue weighted by Crippen LogP contribution is -2.46. The van der Waals surface area contributed by atoms with Gasteiger partial charge in [0.15, 0.2) is 13.9 Å². The number of rotatable bonds is 9. The Morgan fingerprint density at radius 2 is 1.88 bits per heavy atom. The third-order valence-corrected chi connectivity index (χ3v) is 11.5. The van der Waals surface area contributed by atoms with Crippen molar-refractivity contribution in [2.75, 3.05) is 30.1 Å². The lowest BCUT2D eigenvalue weighted by molar-refractivity contribution is -0.146. The molecule has 2 N–H and O–H groups in total. The van der Waals surface area contributed by atoms with Crippen LogP contribution >= 0.6 is 0 Å². The minimum Gasteiger partial charge on any atom is -0.469 e. The number of nitrogens with zero attached hydrogens (tertiary/aromatic N) is 2. The molecule has 0 aliphatic carbocycles. The number of carbonyl (C=O) groups is 3. The molecule has 3 aliphatic rings. The number of amides is 2. The average Bonchev–Trinajstić information content (AvgIpc) is 3.37. The van der Waals surface area contributed by atoms with Crippen molar-refractivity contribution in [2.24, 2.45) is 5.92 Å². The first-order valence-electron chi connectivity index (χ1n) is 14.5. The normalized spacial score (nSPS) is 25.6. The van der Waals surface area contributed by atoms with Gasteiger partial charge in [0, 0.05) is 48.7 Å². The number of hydrogen-bond donors (Lipinski definition) is 2. The highest BCUT2D eigenvalue weighted by molar-refractivity contribution is 6.71. The zero-order valence-electron chi connectivity index (χ0n) is 24.3. The van der Waals surface area contributed by atoms with Gasteiger partial charge < -0.3 is 24.3 Å². The van der Waals surface area contributed by atoms with Crippen molar-refractivity contribution < 1.29 is 33.8 Å². The monoisotopic (exact) mass is 580 g/mol. The fourth-order valence-electron chi connectivity index (χ4n) is 7.18. The third-order valence-electron chi connectivity index (χ3n) is 8.97. The second kappa shape index (κ2) is 11.3. The predicted octanol–water partition coefficient (Wildman–Crippen LogP) is 4.17. The highest BCUT2D eigenvalue weighted by Crippen LogP contribution is 2.60. The number of methoxy groups -OCH3 is 1.